The summed E-state index contributed by atoms with van der Waals surface area (Å²) in [7, 11) is 0. The van der Waals surface area contributed by atoms with Crippen LogP contribution < -0.4 is 5.32 Å². The minimum atomic E-state index is 0.546. The lowest BCUT2D eigenvalue weighted by atomic mass is 10.3. The van der Waals surface area contributed by atoms with E-state index in [9.17, 15) is 0 Å². The first-order valence-electron chi connectivity index (χ1n) is 6.15. The van der Waals surface area contributed by atoms with Gasteiger partial charge in [0.05, 0.1) is 12.2 Å². The van der Waals surface area contributed by atoms with Crippen molar-refractivity contribution >= 4 is 21.6 Å². The van der Waals surface area contributed by atoms with Gasteiger partial charge in [0, 0.05) is 10.2 Å². The summed E-state index contributed by atoms with van der Waals surface area (Å²) in [6.45, 7) is 0.546. The van der Waals surface area contributed by atoms with Gasteiger partial charge in [-0.15, -0.1) is 5.10 Å². The Balaban J connectivity index is 1.80. The second-order valence-electron chi connectivity index (χ2n) is 4.18. The first-order valence-corrected chi connectivity index (χ1v) is 6.95. The average Bonchev–Trinajstić information content (AvgIpc) is 2.96. The topological polar surface area (TPSA) is 55.6 Å². The summed E-state index contributed by atoms with van der Waals surface area (Å²) >= 11 is 3.50. The van der Waals surface area contributed by atoms with Gasteiger partial charge in [0.25, 0.3) is 0 Å². The van der Waals surface area contributed by atoms with E-state index in [0.717, 1.165) is 21.7 Å². The third-order valence-corrected chi connectivity index (χ3v) is 3.54. The molecule has 2 aromatic carbocycles. The lowest BCUT2D eigenvalue weighted by molar-refractivity contribution is 0.768. The lowest BCUT2D eigenvalue weighted by Gasteiger charge is -2.08. The van der Waals surface area contributed by atoms with Crippen LogP contribution in [0.5, 0.6) is 0 Å². The highest BCUT2D eigenvalue weighted by Crippen LogP contribution is 2.21. The number of anilines is 1. The molecule has 0 unspecified atom stereocenters. The van der Waals surface area contributed by atoms with Crippen molar-refractivity contribution in [2.24, 2.45) is 0 Å². The smallest absolute Gasteiger partial charge is 0.175 e. The standard InChI is InChI=1S/C14H12BrN5/c15-12-8-4-5-9-13(12)16-10-14-17-18-19-20(14)11-6-2-1-3-7-11/h1-9,16H,10H2. The fourth-order valence-electron chi connectivity index (χ4n) is 1.86. The van der Waals surface area contributed by atoms with Crippen LogP contribution in [0.4, 0.5) is 5.69 Å². The number of tetrazole rings is 1. The number of hydrogen-bond donors (Lipinski definition) is 1. The van der Waals surface area contributed by atoms with Crippen molar-refractivity contribution in [2.45, 2.75) is 6.54 Å². The SMILES string of the molecule is Brc1ccccc1NCc1nnnn1-c1ccccc1. The van der Waals surface area contributed by atoms with Crippen molar-refractivity contribution in [3.05, 3.63) is 64.9 Å². The first-order chi connectivity index (χ1) is 9.84. The monoisotopic (exact) mass is 329 g/mol. The van der Waals surface area contributed by atoms with E-state index in [-0.39, 0.29) is 0 Å². The van der Waals surface area contributed by atoms with Gasteiger partial charge < -0.3 is 5.32 Å². The highest BCUT2D eigenvalue weighted by molar-refractivity contribution is 9.10. The van der Waals surface area contributed by atoms with Gasteiger partial charge in [-0.2, -0.15) is 4.68 Å². The third kappa shape index (κ3) is 2.70. The predicted molar refractivity (Wildman–Crippen MR) is 80.6 cm³/mol. The second-order valence-corrected chi connectivity index (χ2v) is 5.03. The summed E-state index contributed by atoms with van der Waals surface area (Å²) in [6, 6.07) is 17.8. The predicted octanol–water partition coefficient (Wildman–Crippen LogP) is 3.04. The van der Waals surface area contributed by atoms with Gasteiger partial charge in [0.15, 0.2) is 5.82 Å². The molecule has 6 heteroatoms. The molecule has 0 fully saturated rings. The Hall–Kier alpha value is -2.21. The van der Waals surface area contributed by atoms with E-state index >= 15 is 0 Å². The average molecular weight is 330 g/mol. The molecule has 0 aliphatic rings. The Bertz CT molecular complexity index is 696. The summed E-state index contributed by atoms with van der Waals surface area (Å²) in [5.74, 6) is 0.756. The molecule has 0 amide bonds. The molecule has 100 valence electrons. The van der Waals surface area contributed by atoms with Crippen LogP contribution in [-0.2, 0) is 6.54 Å². The van der Waals surface area contributed by atoms with E-state index < -0.39 is 0 Å². The van der Waals surface area contributed by atoms with Crippen molar-refractivity contribution < 1.29 is 0 Å². The summed E-state index contributed by atoms with van der Waals surface area (Å²) in [5, 5.41) is 15.1. The summed E-state index contributed by atoms with van der Waals surface area (Å²) in [6.07, 6.45) is 0. The highest BCUT2D eigenvalue weighted by atomic mass is 79.9. The number of aromatic nitrogens is 4. The van der Waals surface area contributed by atoms with E-state index in [1.807, 2.05) is 54.6 Å². The molecule has 0 atom stereocenters. The molecular weight excluding hydrogens is 318 g/mol. The van der Waals surface area contributed by atoms with Gasteiger partial charge in [-0.3, -0.25) is 0 Å². The fraction of sp³-hybridized carbons (Fsp3) is 0.0714. The van der Waals surface area contributed by atoms with Crippen LogP contribution >= 0.6 is 15.9 Å². The summed E-state index contributed by atoms with van der Waals surface area (Å²) in [5.41, 5.74) is 1.96. The molecule has 0 saturated heterocycles. The molecule has 0 aliphatic carbocycles. The zero-order valence-electron chi connectivity index (χ0n) is 10.6. The van der Waals surface area contributed by atoms with Crippen LogP contribution in [0.2, 0.25) is 0 Å². The third-order valence-electron chi connectivity index (χ3n) is 2.85. The molecule has 1 aromatic heterocycles. The second kappa shape index (κ2) is 5.83. The van der Waals surface area contributed by atoms with E-state index in [2.05, 4.69) is 36.8 Å². The van der Waals surface area contributed by atoms with Crippen molar-refractivity contribution in [1.29, 1.82) is 0 Å². The maximum Gasteiger partial charge on any atom is 0.175 e. The van der Waals surface area contributed by atoms with E-state index in [0.29, 0.717) is 6.54 Å². The molecule has 0 bridgehead atoms. The van der Waals surface area contributed by atoms with Gasteiger partial charge in [-0.25, -0.2) is 0 Å². The molecule has 1 N–H and O–H groups in total. The number of hydrogen-bond acceptors (Lipinski definition) is 4. The molecule has 0 radical (unpaired) electrons. The van der Waals surface area contributed by atoms with Gasteiger partial charge in [-0.1, -0.05) is 30.3 Å². The number of rotatable bonds is 4. The van der Waals surface area contributed by atoms with Gasteiger partial charge >= 0.3 is 0 Å². The van der Waals surface area contributed by atoms with E-state index in [1.165, 1.54) is 0 Å². The molecule has 0 aliphatic heterocycles. The van der Waals surface area contributed by atoms with Gasteiger partial charge in [0.1, 0.15) is 0 Å². The van der Waals surface area contributed by atoms with Gasteiger partial charge in [-0.05, 0) is 50.6 Å². The lowest BCUT2D eigenvalue weighted by Crippen LogP contribution is -2.08. The molecule has 0 spiro atoms. The molecule has 20 heavy (non-hydrogen) atoms. The van der Waals surface area contributed by atoms with E-state index in [4.69, 9.17) is 0 Å². The zero-order chi connectivity index (χ0) is 13.8. The van der Waals surface area contributed by atoms with Crippen LogP contribution in [0.15, 0.2) is 59.1 Å². The Morgan fingerprint density at radius 3 is 2.55 bits per heavy atom. The molecule has 3 aromatic rings. The number of halogens is 1. The molecule has 5 nitrogen and oxygen atoms in total. The van der Waals surface area contributed by atoms with Crippen molar-refractivity contribution in [2.75, 3.05) is 5.32 Å². The van der Waals surface area contributed by atoms with Crippen LogP contribution in [0.3, 0.4) is 0 Å². The van der Waals surface area contributed by atoms with Crippen LogP contribution in [0.25, 0.3) is 5.69 Å². The van der Waals surface area contributed by atoms with Crippen LogP contribution in [0.1, 0.15) is 5.82 Å². The van der Waals surface area contributed by atoms with Crippen molar-refractivity contribution in [3.63, 3.8) is 0 Å². The number of para-hydroxylation sites is 2. The highest BCUT2D eigenvalue weighted by Gasteiger charge is 2.08. The summed E-state index contributed by atoms with van der Waals surface area (Å²) in [4.78, 5) is 0. The first kappa shape index (κ1) is 12.8. The Morgan fingerprint density at radius 1 is 1.00 bits per heavy atom. The minimum Gasteiger partial charge on any atom is -0.377 e. The number of benzene rings is 2. The molecule has 3 rings (SSSR count). The Kier molecular flexibility index (Phi) is 3.73. The Labute approximate surface area is 124 Å². The summed E-state index contributed by atoms with van der Waals surface area (Å²) < 4.78 is 2.74. The fourth-order valence-corrected chi connectivity index (χ4v) is 2.29. The normalized spacial score (nSPS) is 10.4. The zero-order valence-corrected chi connectivity index (χ0v) is 12.2. The molecular formula is C14H12BrN5. The van der Waals surface area contributed by atoms with Crippen molar-refractivity contribution in [3.8, 4) is 5.69 Å². The number of nitrogens with one attached hydrogen (secondary N) is 1. The maximum atomic E-state index is 4.06. The molecule has 0 saturated carbocycles. The van der Waals surface area contributed by atoms with Crippen LogP contribution in [0, 0.1) is 0 Å². The maximum absolute atomic E-state index is 4.06. The van der Waals surface area contributed by atoms with Crippen LogP contribution in [-0.4, -0.2) is 20.2 Å². The van der Waals surface area contributed by atoms with Gasteiger partial charge in [0.2, 0.25) is 0 Å². The van der Waals surface area contributed by atoms with Crippen molar-refractivity contribution in [1.82, 2.24) is 20.2 Å². The quantitative estimate of drug-likeness (QED) is 0.799. The minimum absolute atomic E-state index is 0.546. The Morgan fingerprint density at radius 2 is 1.75 bits per heavy atom. The van der Waals surface area contributed by atoms with E-state index in [1.54, 1.807) is 4.68 Å². The number of nitrogens with zero attached hydrogens (tertiary/aromatic N) is 4. The largest absolute Gasteiger partial charge is 0.377 e. The molecule has 1 heterocycles.